The third-order valence-corrected chi connectivity index (χ3v) is 2.04. The van der Waals surface area contributed by atoms with Gasteiger partial charge in [-0.25, -0.2) is 0 Å². The molecule has 0 spiro atoms. The first-order valence-electron chi connectivity index (χ1n) is 4.47. The highest BCUT2D eigenvalue weighted by molar-refractivity contribution is 9.09. The summed E-state index contributed by atoms with van der Waals surface area (Å²) >= 11 is 3.23. The van der Waals surface area contributed by atoms with Gasteiger partial charge in [0.25, 0.3) is 0 Å². The molecule has 0 saturated heterocycles. The molecule has 0 aliphatic carbocycles. The van der Waals surface area contributed by atoms with E-state index in [2.05, 4.69) is 20.7 Å². The zero-order chi connectivity index (χ0) is 11.7. The van der Waals surface area contributed by atoms with Gasteiger partial charge in [-0.1, -0.05) is 15.9 Å². The first-order chi connectivity index (χ1) is 6.99. The zero-order valence-corrected chi connectivity index (χ0v) is 10.1. The van der Waals surface area contributed by atoms with Gasteiger partial charge in [0.15, 0.2) is 0 Å². The molecule has 3 nitrogen and oxygen atoms in total. The fraction of sp³-hybridized carbons (Fsp3) is 1.00. The van der Waals surface area contributed by atoms with Crippen LogP contribution in [0.1, 0.15) is 0 Å². The number of halogens is 4. The van der Waals surface area contributed by atoms with E-state index in [1.54, 1.807) is 7.11 Å². The summed E-state index contributed by atoms with van der Waals surface area (Å²) in [6.07, 6.45) is -4.54. The Balaban J connectivity index is 3.65. The van der Waals surface area contributed by atoms with Crippen molar-refractivity contribution in [3.8, 4) is 0 Å². The number of rotatable bonds is 8. The highest BCUT2D eigenvalue weighted by Crippen LogP contribution is 2.15. The molecule has 0 radical (unpaired) electrons. The molecule has 0 aromatic carbocycles. The van der Waals surface area contributed by atoms with Gasteiger partial charge in [0.1, 0.15) is 0 Å². The van der Waals surface area contributed by atoms with Crippen LogP contribution in [0.25, 0.3) is 0 Å². The first-order valence-corrected chi connectivity index (χ1v) is 5.59. The molecular weight excluding hydrogens is 279 g/mol. The quantitative estimate of drug-likeness (QED) is 0.638. The van der Waals surface area contributed by atoms with E-state index in [-0.39, 0.29) is 13.2 Å². The van der Waals surface area contributed by atoms with Crippen molar-refractivity contribution in [1.82, 2.24) is 4.90 Å². The molecule has 0 rings (SSSR count). The molecule has 0 N–H and O–H groups in total. The molecule has 0 unspecified atom stereocenters. The third-order valence-electron chi connectivity index (χ3n) is 1.69. The van der Waals surface area contributed by atoms with Crippen LogP contribution in [0, 0.1) is 0 Å². The van der Waals surface area contributed by atoms with Crippen molar-refractivity contribution in [2.75, 3.05) is 45.3 Å². The van der Waals surface area contributed by atoms with Crippen LogP contribution in [0.15, 0.2) is 0 Å². The number of ether oxygens (including phenoxy) is 2. The van der Waals surface area contributed by atoms with Crippen LogP contribution in [0.4, 0.5) is 13.2 Å². The van der Waals surface area contributed by atoms with Crippen LogP contribution < -0.4 is 0 Å². The Morgan fingerprint density at radius 1 is 1.13 bits per heavy atom. The molecule has 0 aliphatic rings. The van der Waals surface area contributed by atoms with Gasteiger partial charge in [-0.3, -0.25) is 9.64 Å². The summed E-state index contributed by atoms with van der Waals surface area (Å²) in [5, 5.41) is 0.711. The lowest BCUT2D eigenvalue weighted by molar-refractivity contribution is -0.325. The average Bonchev–Trinajstić information content (AvgIpc) is 2.12. The van der Waals surface area contributed by atoms with E-state index in [9.17, 15) is 13.2 Å². The lowest BCUT2D eigenvalue weighted by atomic mass is 10.5. The highest BCUT2D eigenvalue weighted by Gasteiger charge is 2.28. The second-order valence-electron chi connectivity index (χ2n) is 2.82. The van der Waals surface area contributed by atoms with Crippen molar-refractivity contribution in [3.05, 3.63) is 0 Å². The molecule has 0 bridgehead atoms. The van der Waals surface area contributed by atoms with Crippen LogP contribution in [0.3, 0.4) is 0 Å². The Morgan fingerprint density at radius 3 is 2.20 bits per heavy atom. The van der Waals surface area contributed by atoms with Gasteiger partial charge in [0.05, 0.1) is 13.2 Å². The molecule has 15 heavy (non-hydrogen) atoms. The normalized spacial score (nSPS) is 12.4. The molecule has 0 amide bonds. The fourth-order valence-electron chi connectivity index (χ4n) is 0.966. The Morgan fingerprint density at radius 2 is 1.73 bits per heavy atom. The first kappa shape index (κ1) is 15.2. The Labute approximate surface area is 95.6 Å². The van der Waals surface area contributed by atoms with Gasteiger partial charge in [-0.2, -0.15) is 0 Å². The maximum absolute atomic E-state index is 11.7. The summed E-state index contributed by atoms with van der Waals surface area (Å²) < 4.78 is 43.5. The summed E-state index contributed by atoms with van der Waals surface area (Å²) in [6.45, 7) is 1.67. The number of methoxy groups -OCH3 is 1. The van der Waals surface area contributed by atoms with Gasteiger partial charge < -0.3 is 4.74 Å². The van der Waals surface area contributed by atoms with E-state index < -0.39 is 6.36 Å². The van der Waals surface area contributed by atoms with Crippen molar-refractivity contribution in [3.63, 3.8) is 0 Å². The Hall–Kier alpha value is 0.150. The van der Waals surface area contributed by atoms with Gasteiger partial charge in [0, 0.05) is 32.1 Å². The van der Waals surface area contributed by atoms with Crippen LogP contribution >= 0.6 is 15.9 Å². The summed E-state index contributed by atoms with van der Waals surface area (Å²) in [7, 11) is 1.55. The molecule has 0 heterocycles. The summed E-state index contributed by atoms with van der Waals surface area (Å²) in [5.74, 6) is 0. The van der Waals surface area contributed by atoms with Crippen molar-refractivity contribution >= 4 is 15.9 Å². The number of nitrogens with zero attached hydrogens (tertiary/aromatic N) is 1. The van der Waals surface area contributed by atoms with Crippen LogP contribution in [-0.2, 0) is 9.47 Å². The maximum Gasteiger partial charge on any atom is 0.522 e. The molecular formula is C8H15BrF3NO2. The lowest BCUT2D eigenvalue weighted by Gasteiger charge is -2.20. The highest BCUT2D eigenvalue weighted by atomic mass is 79.9. The van der Waals surface area contributed by atoms with Crippen molar-refractivity contribution in [1.29, 1.82) is 0 Å². The zero-order valence-electron chi connectivity index (χ0n) is 8.52. The monoisotopic (exact) mass is 293 g/mol. The van der Waals surface area contributed by atoms with E-state index >= 15 is 0 Å². The third kappa shape index (κ3) is 10.4. The van der Waals surface area contributed by atoms with Crippen LogP contribution in [0.2, 0.25) is 0 Å². The molecule has 0 atom stereocenters. The minimum atomic E-state index is -4.54. The molecule has 7 heteroatoms. The molecule has 0 aliphatic heterocycles. The molecule has 0 saturated carbocycles. The van der Waals surface area contributed by atoms with E-state index in [1.807, 2.05) is 4.90 Å². The summed E-state index contributed by atoms with van der Waals surface area (Å²) in [6, 6.07) is 0. The van der Waals surface area contributed by atoms with Crippen LogP contribution in [-0.4, -0.2) is 56.6 Å². The smallest absolute Gasteiger partial charge is 0.383 e. The minimum Gasteiger partial charge on any atom is -0.383 e. The fourth-order valence-corrected chi connectivity index (χ4v) is 1.47. The predicted molar refractivity (Wildman–Crippen MR) is 54.1 cm³/mol. The van der Waals surface area contributed by atoms with Crippen molar-refractivity contribution in [2.45, 2.75) is 6.36 Å². The molecule has 0 aromatic rings. The second kappa shape index (κ2) is 8.32. The molecule has 0 fully saturated rings. The SMILES string of the molecule is COCCN(CCBr)CCOC(F)(F)F. The van der Waals surface area contributed by atoms with Crippen molar-refractivity contribution < 1.29 is 22.6 Å². The van der Waals surface area contributed by atoms with Crippen molar-refractivity contribution in [2.24, 2.45) is 0 Å². The molecule has 92 valence electrons. The maximum atomic E-state index is 11.7. The number of hydrogen-bond acceptors (Lipinski definition) is 3. The van der Waals surface area contributed by atoms with Gasteiger partial charge in [-0.15, -0.1) is 13.2 Å². The van der Waals surface area contributed by atoms with E-state index in [4.69, 9.17) is 4.74 Å². The Kier molecular flexibility index (Phi) is 8.40. The van der Waals surface area contributed by atoms with E-state index in [0.29, 0.717) is 25.0 Å². The van der Waals surface area contributed by atoms with Crippen LogP contribution in [0.5, 0.6) is 0 Å². The predicted octanol–water partition coefficient (Wildman–Crippen LogP) is 1.87. The van der Waals surface area contributed by atoms with E-state index in [1.165, 1.54) is 0 Å². The summed E-state index contributed by atoms with van der Waals surface area (Å²) in [5.41, 5.74) is 0. The topological polar surface area (TPSA) is 21.7 Å². The Bertz CT molecular complexity index is 157. The average molecular weight is 294 g/mol. The number of hydrogen-bond donors (Lipinski definition) is 0. The number of alkyl halides is 4. The van der Waals surface area contributed by atoms with Gasteiger partial charge in [-0.05, 0) is 0 Å². The largest absolute Gasteiger partial charge is 0.522 e. The van der Waals surface area contributed by atoms with Gasteiger partial charge in [0.2, 0.25) is 0 Å². The second-order valence-corrected chi connectivity index (χ2v) is 3.61. The van der Waals surface area contributed by atoms with Gasteiger partial charge >= 0.3 is 6.36 Å². The van der Waals surface area contributed by atoms with E-state index in [0.717, 1.165) is 0 Å². The standard InChI is InChI=1S/C8H15BrF3NO2/c1-14-6-4-13(3-2-9)5-7-15-8(10,11)12/h2-7H2,1H3. The lowest BCUT2D eigenvalue weighted by Crippen LogP contribution is -2.33. The minimum absolute atomic E-state index is 0.245. The summed E-state index contributed by atoms with van der Waals surface area (Å²) in [4.78, 5) is 1.84. The molecule has 0 aromatic heterocycles.